The number of ether oxygens (including phenoxy) is 1. The average molecular weight is 284 g/mol. The number of rotatable bonds is 3. The first-order valence-electron chi connectivity index (χ1n) is 5.53. The van der Waals surface area contributed by atoms with Gasteiger partial charge in [-0.2, -0.15) is 5.10 Å². The molecule has 0 aliphatic heterocycles. The Balaban J connectivity index is 2.21. The lowest BCUT2D eigenvalue weighted by molar-refractivity contribution is 0.212. The Kier molecular flexibility index (Phi) is 3.73. The van der Waals surface area contributed by atoms with E-state index in [4.69, 9.17) is 28.6 Å². The van der Waals surface area contributed by atoms with Crippen LogP contribution in [-0.4, -0.2) is 14.8 Å². The van der Waals surface area contributed by atoms with Crippen LogP contribution in [0.2, 0.25) is 5.02 Å². The van der Waals surface area contributed by atoms with Gasteiger partial charge in [-0.05, 0) is 49.8 Å². The molecule has 1 atom stereocenters. The van der Waals surface area contributed by atoms with E-state index in [0.717, 1.165) is 22.2 Å². The number of benzene rings is 1. The molecule has 0 saturated carbocycles. The lowest BCUT2D eigenvalue weighted by Crippen LogP contribution is -2.09. The molecule has 2 aromatic rings. The normalized spacial score (nSPS) is 12.4. The van der Waals surface area contributed by atoms with Crippen molar-refractivity contribution in [3.8, 4) is 5.75 Å². The van der Waals surface area contributed by atoms with E-state index in [9.17, 15) is 0 Å². The minimum absolute atomic E-state index is 0.191. The van der Waals surface area contributed by atoms with E-state index in [1.54, 1.807) is 4.57 Å². The Labute approximate surface area is 116 Å². The summed E-state index contributed by atoms with van der Waals surface area (Å²) >= 11 is 11.0. The third kappa shape index (κ3) is 2.57. The molecule has 0 saturated heterocycles. The van der Waals surface area contributed by atoms with Crippen LogP contribution in [0.25, 0.3) is 0 Å². The zero-order valence-corrected chi connectivity index (χ0v) is 12.0. The third-order valence-electron chi connectivity index (χ3n) is 2.72. The van der Waals surface area contributed by atoms with Gasteiger partial charge in [-0.3, -0.25) is 5.10 Å². The fourth-order valence-electron chi connectivity index (χ4n) is 1.67. The molecule has 1 heterocycles. The molecule has 0 aliphatic rings. The summed E-state index contributed by atoms with van der Waals surface area (Å²) in [5, 5.41) is 7.61. The van der Waals surface area contributed by atoms with Crippen LogP contribution in [0, 0.1) is 11.7 Å². The van der Waals surface area contributed by atoms with Gasteiger partial charge in [0.15, 0.2) is 16.7 Å². The molecule has 1 N–H and O–H groups in total. The van der Waals surface area contributed by atoms with Crippen molar-refractivity contribution < 1.29 is 4.74 Å². The van der Waals surface area contributed by atoms with Crippen LogP contribution in [0.4, 0.5) is 0 Å². The van der Waals surface area contributed by atoms with Crippen molar-refractivity contribution in [1.82, 2.24) is 14.8 Å². The number of aromatic amines is 1. The second-order valence-electron chi connectivity index (χ2n) is 4.12. The van der Waals surface area contributed by atoms with Crippen molar-refractivity contribution in [3.63, 3.8) is 0 Å². The van der Waals surface area contributed by atoms with Crippen LogP contribution >= 0.6 is 23.8 Å². The van der Waals surface area contributed by atoms with E-state index in [1.807, 2.05) is 39.1 Å². The molecule has 0 unspecified atom stereocenters. The standard InChI is InChI=1S/C12H14ClN3OS/c1-7-6-9(4-5-10(7)13)17-8(2)11-14-15-12(18)16(11)3/h4-6,8H,1-3H3,(H,15,18)/t8-/m0/s1. The van der Waals surface area contributed by atoms with Gasteiger partial charge in [0.05, 0.1) is 0 Å². The highest BCUT2D eigenvalue weighted by atomic mass is 35.5. The first-order valence-corrected chi connectivity index (χ1v) is 6.31. The van der Waals surface area contributed by atoms with Gasteiger partial charge in [-0.25, -0.2) is 0 Å². The first-order chi connectivity index (χ1) is 8.49. The Morgan fingerprint density at radius 3 is 2.78 bits per heavy atom. The summed E-state index contributed by atoms with van der Waals surface area (Å²) in [5.41, 5.74) is 0.983. The number of halogens is 1. The van der Waals surface area contributed by atoms with Gasteiger partial charge in [0.2, 0.25) is 0 Å². The van der Waals surface area contributed by atoms with Crippen LogP contribution in [0.1, 0.15) is 24.4 Å². The Morgan fingerprint density at radius 2 is 2.22 bits per heavy atom. The molecule has 0 radical (unpaired) electrons. The molecule has 0 aliphatic carbocycles. The number of aromatic nitrogens is 3. The Morgan fingerprint density at radius 1 is 1.50 bits per heavy atom. The molecular weight excluding hydrogens is 270 g/mol. The quantitative estimate of drug-likeness (QED) is 0.876. The van der Waals surface area contributed by atoms with Crippen molar-refractivity contribution in [3.05, 3.63) is 39.4 Å². The van der Waals surface area contributed by atoms with E-state index in [-0.39, 0.29) is 6.10 Å². The van der Waals surface area contributed by atoms with Crippen molar-refractivity contribution in [2.75, 3.05) is 0 Å². The highest BCUT2D eigenvalue weighted by Gasteiger charge is 2.14. The average Bonchev–Trinajstić information content (AvgIpc) is 2.65. The molecule has 2 rings (SSSR count). The van der Waals surface area contributed by atoms with Crippen molar-refractivity contribution in [2.24, 2.45) is 7.05 Å². The fourth-order valence-corrected chi connectivity index (χ4v) is 1.93. The largest absolute Gasteiger partial charge is 0.483 e. The molecule has 0 amide bonds. The molecule has 4 nitrogen and oxygen atoms in total. The molecular formula is C12H14ClN3OS. The van der Waals surface area contributed by atoms with Gasteiger partial charge in [-0.1, -0.05) is 11.6 Å². The third-order valence-corrected chi connectivity index (χ3v) is 3.51. The molecule has 1 aromatic carbocycles. The van der Waals surface area contributed by atoms with Gasteiger partial charge in [0, 0.05) is 12.1 Å². The van der Waals surface area contributed by atoms with E-state index in [0.29, 0.717) is 4.77 Å². The monoisotopic (exact) mass is 283 g/mol. The summed E-state index contributed by atoms with van der Waals surface area (Å²) in [6, 6.07) is 5.56. The first kappa shape index (κ1) is 13.1. The zero-order chi connectivity index (χ0) is 13.3. The summed E-state index contributed by atoms with van der Waals surface area (Å²) in [6.45, 7) is 3.87. The maximum atomic E-state index is 5.97. The number of hydrogen-bond acceptors (Lipinski definition) is 3. The fraction of sp³-hybridized carbons (Fsp3) is 0.333. The van der Waals surface area contributed by atoms with Crippen molar-refractivity contribution in [1.29, 1.82) is 0 Å². The van der Waals surface area contributed by atoms with E-state index in [2.05, 4.69) is 10.2 Å². The molecule has 1 aromatic heterocycles. The minimum Gasteiger partial charge on any atom is -0.483 e. The summed E-state index contributed by atoms with van der Waals surface area (Å²) in [4.78, 5) is 0. The maximum absolute atomic E-state index is 5.97. The predicted molar refractivity (Wildman–Crippen MR) is 73.6 cm³/mol. The second-order valence-corrected chi connectivity index (χ2v) is 4.91. The highest BCUT2D eigenvalue weighted by molar-refractivity contribution is 7.71. The molecule has 96 valence electrons. The van der Waals surface area contributed by atoms with Gasteiger partial charge in [0.25, 0.3) is 0 Å². The zero-order valence-electron chi connectivity index (χ0n) is 10.4. The number of aryl methyl sites for hydroxylation is 1. The molecule has 0 bridgehead atoms. The summed E-state index contributed by atoms with van der Waals surface area (Å²) in [7, 11) is 1.86. The van der Waals surface area contributed by atoms with Crippen molar-refractivity contribution >= 4 is 23.8 Å². The maximum Gasteiger partial charge on any atom is 0.195 e. The van der Waals surface area contributed by atoms with E-state index < -0.39 is 0 Å². The smallest absolute Gasteiger partial charge is 0.195 e. The lowest BCUT2D eigenvalue weighted by Gasteiger charge is -2.14. The van der Waals surface area contributed by atoms with Gasteiger partial charge in [-0.15, -0.1) is 0 Å². The summed E-state index contributed by atoms with van der Waals surface area (Å²) in [6.07, 6.45) is -0.191. The van der Waals surface area contributed by atoms with Crippen LogP contribution in [0.5, 0.6) is 5.75 Å². The van der Waals surface area contributed by atoms with Crippen LogP contribution in [-0.2, 0) is 7.05 Å². The topological polar surface area (TPSA) is 42.8 Å². The molecule has 0 spiro atoms. The van der Waals surface area contributed by atoms with Gasteiger partial charge in [0.1, 0.15) is 5.75 Å². The van der Waals surface area contributed by atoms with Crippen molar-refractivity contribution in [2.45, 2.75) is 20.0 Å². The number of hydrogen-bond donors (Lipinski definition) is 1. The summed E-state index contributed by atoms with van der Waals surface area (Å²) < 4.78 is 8.19. The number of H-pyrrole nitrogens is 1. The Hall–Kier alpha value is -1.33. The van der Waals surface area contributed by atoms with Crippen LogP contribution in [0.3, 0.4) is 0 Å². The number of nitrogens with zero attached hydrogens (tertiary/aromatic N) is 2. The van der Waals surface area contributed by atoms with Crippen LogP contribution < -0.4 is 4.74 Å². The van der Waals surface area contributed by atoms with E-state index >= 15 is 0 Å². The molecule has 18 heavy (non-hydrogen) atoms. The second kappa shape index (κ2) is 5.12. The predicted octanol–water partition coefficient (Wildman–Crippen LogP) is 3.58. The molecule has 0 fully saturated rings. The van der Waals surface area contributed by atoms with E-state index in [1.165, 1.54) is 0 Å². The number of nitrogens with one attached hydrogen (secondary N) is 1. The highest BCUT2D eigenvalue weighted by Crippen LogP contribution is 2.25. The molecule has 6 heteroatoms. The Bertz CT molecular complexity index is 620. The van der Waals surface area contributed by atoms with Gasteiger partial charge >= 0.3 is 0 Å². The van der Waals surface area contributed by atoms with Crippen LogP contribution in [0.15, 0.2) is 18.2 Å². The SMILES string of the molecule is Cc1cc(O[C@@H](C)c2n[nH]c(=S)n2C)ccc1Cl. The van der Waals surface area contributed by atoms with Gasteiger partial charge < -0.3 is 9.30 Å². The summed E-state index contributed by atoms with van der Waals surface area (Å²) in [5.74, 6) is 1.52. The lowest BCUT2D eigenvalue weighted by atomic mass is 10.2. The minimum atomic E-state index is -0.191.